The molecule has 2 amide bonds. The molecule has 0 unspecified atom stereocenters. The summed E-state index contributed by atoms with van der Waals surface area (Å²) < 4.78 is 53.6. The molecule has 160 valence electrons. The molecule has 2 aromatic carbocycles. The van der Waals surface area contributed by atoms with E-state index in [9.17, 15) is 27.2 Å². The lowest BCUT2D eigenvalue weighted by atomic mass is 9.87. The minimum absolute atomic E-state index is 0.00731. The van der Waals surface area contributed by atoms with Crippen LogP contribution < -0.4 is 5.32 Å². The van der Waals surface area contributed by atoms with Crippen LogP contribution in [0.15, 0.2) is 48.5 Å². The zero-order valence-electron chi connectivity index (χ0n) is 16.5. The predicted octanol–water partition coefficient (Wildman–Crippen LogP) is 4.22. The Bertz CT molecular complexity index is 943. The van der Waals surface area contributed by atoms with E-state index < -0.39 is 35.3 Å². The molecule has 1 aliphatic heterocycles. The third-order valence-electron chi connectivity index (χ3n) is 5.12. The highest BCUT2D eigenvalue weighted by atomic mass is 19.4. The molecule has 8 heteroatoms. The van der Waals surface area contributed by atoms with Crippen molar-refractivity contribution in [1.29, 1.82) is 0 Å². The van der Waals surface area contributed by atoms with Crippen molar-refractivity contribution in [2.45, 2.75) is 32.0 Å². The largest absolute Gasteiger partial charge is 0.416 e. The molecule has 0 aromatic heterocycles. The Labute approximate surface area is 171 Å². The summed E-state index contributed by atoms with van der Waals surface area (Å²) >= 11 is 0. The van der Waals surface area contributed by atoms with Crippen LogP contribution in [0.4, 0.5) is 17.6 Å². The van der Waals surface area contributed by atoms with E-state index in [1.807, 2.05) is 0 Å². The smallest absolute Gasteiger partial charge is 0.354 e. The number of carbonyl (C=O) groups is 2. The van der Waals surface area contributed by atoms with E-state index in [1.54, 1.807) is 13.8 Å². The summed E-state index contributed by atoms with van der Waals surface area (Å²) in [7, 11) is 0. The average Bonchev–Trinajstić information content (AvgIpc) is 3.12. The second-order valence-electron chi connectivity index (χ2n) is 7.69. The summed E-state index contributed by atoms with van der Waals surface area (Å²) in [4.78, 5) is 26.9. The van der Waals surface area contributed by atoms with Gasteiger partial charge in [-0.2, -0.15) is 13.2 Å². The average molecular weight is 422 g/mol. The summed E-state index contributed by atoms with van der Waals surface area (Å²) in [5.41, 5.74) is -0.635. The van der Waals surface area contributed by atoms with Gasteiger partial charge in [-0.1, -0.05) is 30.3 Å². The van der Waals surface area contributed by atoms with Crippen LogP contribution in [0.25, 0.3) is 0 Å². The van der Waals surface area contributed by atoms with Crippen LogP contribution in [0.3, 0.4) is 0 Å². The highest BCUT2D eigenvalue weighted by Gasteiger charge is 2.42. The summed E-state index contributed by atoms with van der Waals surface area (Å²) in [6.07, 6.45) is -4.52. The third kappa shape index (κ3) is 4.63. The van der Waals surface area contributed by atoms with E-state index in [0.29, 0.717) is 5.56 Å². The fraction of sp³-hybridized carbons (Fsp3) is 0.364. The molecule has 2 atom stereocenters. The lowest BCUT2D eigenvalue weighted by Crippen LogP contribution is -2.39. The zero-order valence-corrected chi connectivity index (χ0v) is 16.5. The van der Waals surface area contributed by atoms with Gasteiger partial charge in [-0.25, -0.2) is 4.39 Å². The van der Waals surface area contributed by atoms with Crippen molar-refractivity contribution in [2.75, 3.05) is 13.1 Å². The normalized spacial score (nSPS) is 19.2. The first-order valence-corrected chi connectivity index (χ1v) is 9.59. The van der Waals surface area contributed by atoms with E-state index in [1.165, 1.54) is 35.2 Å². The Morgan fingerprint density at radius 3 is 2.40 bits per heavy atom. The van der Waals surface area contributed by atoms with Crippen molar-refractivity contribution in [1.82, 2.24) is 10.2 Å². The molecular formula is C22H22F4N2O2. The Hall–Kier alpha value is -2.90. The Morgan fingerprint density at radius 1 is 1.07 bits per heavy atom. The van der Waals surface area contributed by atoms with Crippen LogP contribution in [0.2, 0.25) is 0 Å². The summed E-state index contributed by atoms with van der Waals surface area (Å²) in [5.74, 6) is -3.01. The molecule has 0 radical (unpaired) electrons. The molecule has 0 spiro atoms. The van der Waals surface area contributed by atoms with Crippen LogP contribution >= 0.6 is 0 Å². The van der Waals surface area contributed by atoms with Gasteiger partial charge in [0.15, 0.2) is 0 Å². The van der Waals surface area contributed by atoms with Gasteiger partial charge in [-0.3, -0.25) is 9.59 Å². The number of nitrogens with zero attached hydrogens (tertiary/aromatic N) is 1. The van der Waals surface area contributed by atoms with Gasteiger partial charge in [-0.15, -0.1) is 0 Å². The predicted molar refractivity (Wildman–Crippen MR) is 103 cm³/mol. The second kappa shape index (κ2) is 8.45. The minimum Gasteiger partial charge on any atom is -0.354 e. The summed E-state index contributed by atoms with van der Waals surface area (Å²) in [6, 6.07) is 10.1. The highest BCUT2D eigenvalue weighted by Crippen LogP contribution is 2.37. The lowest BCUT2D eigenvalue weighted by Gasteiger charge is -2.20. The number of carbonyl (C=O) groups excluding carboxylic acids is 2. The number of benzene rings is 2. The lowest BCUT2D eigenvalue weighted by molar-refractivity contribution is -0.137. The molecular weight excluding hydrogens is 400 g/mol. The number of hydrogen-bond donors (Lipinski definition) is 1. The molecule has 3 rings (SSSR count). The van der Waals surface area contributed by atoms with Crippen molar-refractivity contribution in [2.24, 2.45) is 5.92 Å². The number of amides is 2. The van der Waals surface area contributed by atoms with Crippen LogP contribution in [0, 0.1) is 11.7 Å². The van der Waals surface area contributed by atoms with Gasteiger partial charge in [0.1, 0.15) is 5.82 Å². The van der Waals surface area contributed by atoms with E-state index in [4.69, 9.17) is 0 Å². The molecule has 0 aliphatic carbocycles. The molecule has 0 bridgehead atoms. The van der Waals surface area contributed by atoms with Gasteiger partial charge < -0.3 is 10.2 Å². The molecule has 2 aromatic rings. The molecule has 1 aliphatic rings. The Kier molecular flexibility index (Phi) is 6.14. The van der Waals surface area contributed by atoms with Gasteiger partial charge in [-0.05, 0) is 37.6 Å². The van der Waals surface area contributed by atoms with Crippen molar-refractivity contribution in [3.63, 3.8) is 0 Å². The van der Waals surface area contributed by atoms with E-state index in [0.717, 1.165) is 18.2 Å². The number of nitrogens with one attached hydrogen (secondary N) is 1. The van der Waals surface area contributed by atoms with Crippen molar-refractivity contribution in [3.8, 4) is 0 Å². The summed E-state index contributed by atoms with van der Waals surface area (Å²) in [6.45, 7) is 3.56. The van der Waals surface area contributed by atoms with Crippen LogP contribution in [-0.4, -0.2) is 35.8 Å². The monoisotopic (exact) mass is 422 g/mol. The van der Waals surface area contributed by atoms with E-state index in [2.05, 4.69) is 5.32 Å². The van der Waals surface area contributed by atoms with Crippen LogP contribution in [0.5, 0.6) is 0 Å². The molecule has 1 heterocycles. The quantitative estimate of drug-likeness (QED) is 0.750. The Balaban J connectivity index is 1.94. The van der Waals surface area contributed by atoms with Gasteiger partial charge >= 0.3 is 6.18 Å². The maximum Gasteiger partial charge on any atom is 0.416 e. The van der Waals surface area contributed by atoms with Crippen LogP contribution in [-0.2, 0) is 11.0 Å². The van der Waals surface area contributed by atoms with Crippen LogP contribution in [0.1, 0.15) is 41.3 Å². The maximum atomic E-state index is 14.1. The van der Waals surface area contributed by atoms with Gasteiger partial charge in [0.05, 0.1) is 17.0 Å². The molecule has 1 N–H and O–H groups in total. The molecule has 30 heavy (non-hydrogen) atoms. The number of alkyl halides is 3. The first-order chi connectivity index (χ1) is 14.1. The molecule has 1 saturated heterocycles. The fourth-order valence-corrected chi connectivity index (χ4v) is 3.72. The zero-order chi connectivity index (χ0) is 22.1. The van der Waals surface area contributed by atoms with Gasteiger partial charge in [0, 0.05) is 25.0 Å². The Morgan fingerprint density at radius 2 is 1.77 bits per heavy atom. The first-order valence-electron chi connectivity index (χ1n) is 9.59. The first kappa shape index (κ1) is 21.8. The number of rotatable bonds is 4. The minimum atomic E-state index is -4.52. The van der Waals surface area contributed by atoms with Gasteiger partial charge in [0.2, 0.25) is 5.91 Å². The van der Waals surface area contributed by atoms with Gasteiger partial charge in [0.25, 0.3) is 5.91 Å². The van der Waals surface area contributed by atoms with E-state index in [-0.39, 0.29) is 30.6 Å². The maximum absolute atomic E-state index is 14.1. The SMILES string of the molecule is CC(C)NC(=O)[C@@H]1CN(C(=O)c2ccccc2F)C[C@H]1c1cccc(C(F)(F)F)c1. The number of halogens is 4. The fourth-order valence-electron chi connectivity index (χ4n) is 3.72. The molecule has 0 saturated carbocycles. The van der Waals surface area contributed by atoms with Crippen molar-refractivity contribution >= 4 is 11.8 Å². The van der Waals surface area contributed by atoms with Crippen molar-refractivity contribution in [3.05, 3.63) is 71.0 Å². The number of hydrogen-bond acceptors (Lipinski definition) is 2. The standard InChI is InChI=1S/C22H22F4N2O2/c1-13(2)27-20(29)18-12-28(21(30)16-8-3-4-9-19(16)23)11-17(18)14-6-5-7-15(10-14)22(24,25)26/h3-10,13,17-18H,11-12H2,1-2H3,(H,27,29)/t17-,18+/m0/s1. The molecule has 4 nitrogen and oxygen atoms in total. The third-order valence-corrected chi connectivity index (χ3v) is 5.12. The number of likely N-dealkylation sites (tertiary alicyclic amines) is 1. The van der Waals surface area contributed by atoms with Crippen molar-refractivity contribution < 1.29 is 27.2 Å². The highest BCUT2D eigenvalue weighted by molar-refractivity contribution is 5.95. The second-order valence-corrected chi connectivity index (χ2v) is 7.69. The van der Waals surface area contributed by atoms with E-state index >= 15 is 0 Å². The summed E-state index contributed by atoms with van der Waals surface area (Å²) in [5, 5.41) is 2.77. The topological polar surface area (TPSA) is 49.4 Å². The molecule has 1 fully saturated rings.